The van der Waals surface area contributed by atoms with E-state index in [0.29, 0.717) is 11.5 Å². The maximum absolute atomic E-state index is 5.67. The molecule has 1 aliphatic rings. The highest BCUT2D eigenvalue weighted by Gasteiger charge is 2.38. The van der Waals surface area contributed by atoms with Crippen molar-refractivity contribution in [3.8, 4) is 0 Å². The lowest BCUT2D eigenvalue weighted by molar-refractivity contribution is 0.0542. The largest absolute Gasteiger partial charge is 0.384 e. The number of hydrogen-bond acceptors (Lipinski definition) is 2. The quantitative estimate of drug-likeness (QED) is 0.582. The Hall–Kier alpha value is 0.650. The van der Waals surface area contributed by atoms with Crippen LogP contribution in [0.15, 0.2) is 0 Å². The second-order valence-electron chi connectivity index (χ2n) is 3.58. The Bertz CT molecular complexity index is 140. The van der Waals surface area contributed by atoms with Gasteiger partial charge in [-0.2, -0.15) is 0 Å². The summed E-state index contributed by atoms with van der Waals surface area (Å²) in [5, 5.41) is 0. The molecule has 1 saturated heterocycles. The third-order valence-electron chi connectivity index (χ3n) is 2.66. The van der Waals surface area contributed by atoms with E-state index in [4.69, 9.17) is 9.47 Å². The lowest BCUT2D eigenvalue weighted by atomic mass is 9.84. The lowest BCUT2D eigenvalue weighted by Crippen LogP contribution is -2.26. The zero-order chi connectivity index (χ0) is 9.03. The van der Waals surface area contributed by atoms with Crippen LogP contribution in [0.2, 0.25) is 0 Å². The molecule has 0 aromatic rings. The summed E-state index contributed by atoms with van der Waals surface area (Å²) in [7, 11) is 1.77. The van der Waals surface area contributed by atoms with Crippen LogP contribution >= 0.6 is 22.6 Å². The molecule has 0 saturated carbocycles. The number of methoxy groups -OCH3 is 1. The lowest BCUT2D eigenvalue weighted by Gasteiger charge is -2.24. The van der Waals surface area contributed by atoms with E-state index in [2.05, 4.69) is 29.5 Å². The SMILES string of the molecule is CC[C@]1(COC)CO[C@H](CI)C1. The first-order valence-electron chi connectivity index (χ1n) is 4.43. The summed E-state index contributed by atoms with van der Waals surface area (Å²) in [6.07, 6.45) is 2.79. The molecule has 0 spiro atoms. The fraction of sp³-hybridized carbons (Fsp3) is 1.00. The molecule has 0 unspecified atom stereocenters. The van der Waals surface area contributed by atoms with Crippen LogP contribution in [0, 0.1) is 5.41 Å². The van der Waals surface area contributed by atoms with Crippen LogP contribution in [0.3, 0.4) is 0 Å². The Morgan fingerprint density at radius 3 is 2.83 bits per heavy atom. The number of hydrogen-bond donors (Lipinski definition) is 0. The van der Waals surface area contributed by atoms with Gasteiger partial charge in [-0.3, -0.25) is 0 Å². The molecule has 3 heteroatoms. The van der Waals surface area contributed by atoms with E-state index in [1.807, 2.05) is 0 Å². The highest BCUT2D eigenvalue weighted by Crippen LogP contribution is 2.36. The second kappa shape index (κ2) is 4.77. The Labute approximate surface area is 88.1 Å². The van der Waals surface area contributed by atoms with Gasteiger partial charge in [-0.05, 0) is 12.8 Å². The van der Waals surface area contributed by atoms with Crippen LogP contribution < -0.4 is 0 Å². The summed E-state index contributed by atoms with van der Waals surface area (Å²) in [5.74, 6) is 0. The topological polar surface area (TPSA) is 18.5 Å². The van der Waals surface area contributed by atoms with E-state index in [0.717, 1.165) is 24.1 Å². The van der Waals surface area contributed by atoms with Crippen molar-refractivity contribution in [3.63, 3.8) is 0 Å². The van der Waals surface area contributed by atoms with Crippen molar-refractivity contribution in [1.82, 2.24) is 0 Å². The fourth-order valence-electron chi connectivity index (χ4n) is 1.75. The molecule has 1 heterocycles. The van der Waals surface area contributed by atoms with Gasteiger partial charge in [0.25, 0.3) is 0 Å². The predicted octanol–water partition coefficient (Wildman–Crippen LogP) is 2.25. The molecule has 0 N–H and O–H groups in total. The van der Waals surface area contributed by atoms with Gasteiger partial charge in [0.05, 0.1) is 19.3 Å². The second-order valence-corrected chi connectivity index (χ2v) is 4.46. The Morgan fingerprint density at radius 2 is 2.42 bits per heavy atom. The van der Waals surface area contributed by atoms with E-state index in [1.165, 1.54) is 6.42 Å². The van der Waals surface area contributed by atoms with Gasteiger partial charge in [-0.25, -0.2) is 0 Å². The van der Waals surface area contributed by atoms with E-state index >= 15 is 0 Å². The van der Waals surface area contributed by atoms with Gasteiger partial charge in [0.15, 0.2) is 0 Å². The highest BCUT2D eigenvalue weighted by molar-refractivity contribution is 14.1. The summed E-state index contributed by atoms with van der Waals surface area (Å²) in [6.45, 7) is 3.94. The summed E-state index contributed by atoms with van der Waals surface area (Å²) in [4.78, 5) is 0. The summed E-state index contributed by atoms with van der Waals surface area (Å²) in [5.41, 5.74) is 0.310. The number of halogens is 1. The predicted molar refractivity (Wildman–Crippen MR) is 57.8 cm³/mol. The molecule has 1 fully saturated rings. The van der Waals surface area contributed by atoms with E-state index in [1.54, 1.807) is 7.11 Å². The first-order chi connectivity index (χ1) is 5.76. The van der Waals surface area contributed by atoms with Gasteiger partial charge in [-0.15, -0.1) is 0 Å². The molecule has 0 aliphatic carbocycles. The third kappa shape index (κ3) is 2.33. The van der Waals surface area contributed by atoms with Crippen LogP contribution in [0.5, 0.6) is 0 Å². The number of rotatable bonds is 4. The zero-order valence-electron chi connectivity index (χ0n) is 7.81. The van der Waals surface area contributed by atoms with Crippen LogP contribution in [0.25, 0.3) is 0 Å². The van der Waals surface area contributed by atoms with Gasteiger partial charge >= 0.3 is 0 Å². The first-order valence-corrected chi connectivity index (χ1v) is 5.95. The van der Waals surface area contributed by atoms with Crippen molar-refractivity contribution < 1.29 is 9.47 Å². The zero-order valence-corrected chi connectivity index (χ0v) is 9.96. The number of ether oxygens (including phenoxy) is 2. The van der Waals surface area contributed by atoms with Crippen LogP contribution in [-0.2, 0) is 9.47 Å². The van der Waals surface area contributed by atoms with Crippen molar-refractivity contribution in [3.05, 3.63) is 0 Å². The smallest absolute Gasteiger partial charge is 0.0671 e. The first kappa shape index (κ1) is 10.7. The van der Waals surface area contributed by atoms with Crippen molar-refractivity contribution in [2.75, 3.05) is 24.8 Å². The van der Waals surface area contributed by atoms with Gasteiger partial charge in [-0.1, -0.05) is 29.5 Å². The molecule has 0 radical (unpaired) electrons. The molecule has 0 aromatic carbocycles. The highest BCUT2D eigenvalue weighted by atomic mass is 127. The standard InChI is InChI=1S/C9H17IO2/c1-3-9(6-11-2)4-8(5-10)12-7-9/h8H,3-7H2,1-2H3/t8-,9-/m0/s1. The molecule has 12 heavy (non-hydrogen) atoms. The van der Waals surface area contributed by atoms with Crippen LogP contribution in [-0.4, -0.2) is 30.9 Å². The molecule has 0 aromatic heterocycles. The van der Waals surface area contributed by atoms with E-state index < -0.39 is 0 Å². The summed E-state index contributed by atoms with van der Waals surface area (Å²) >= 11 is 2.39. The van der Waals surface area contributed by atoms with E-state index in [9.17, 15) is 0 Å². The van der Waals surface area contributed by atoms with Gasteiger partial charge in [0.1, 0.15) is 0 Å². The molecule has 0 amide bonds. The summed E-state index contributed by atoms with van der Waals surface area (Å²) < 4.78 is 12.0. The van der Waals surface area contributed by atoms with Crippen molar-refractivity contribution in [2.45, 2.75) is 25.9 Å². The Morgan fingerprint density at radius 1 is 1.67 bits per heavy atom. The average Bonchev–Trinajstić information content (AvgIpc) is 2.50. The van der Waals surface area contributed by atoms with Crippen molar-refractivity contribution in [1.29, 1.82) is 0 Å². The van der Waals surface area contributed by atoms with Crippen LogP contribution in [0.1, 0.15) is 19.8 Å². The average molecular weight is 284 g/mol. The van der Waals surface area contributed by atoms with Crippen molar-refractivity contribution in [2.24, 2.45) is 5.41 Å². The molecule has 1 aliphatic heterocycles. The van der Waals surface area contributed by atoms with Gasteiger partial charge in [0, 0.05) is 17.0 Å². The molecular formula is C9H17IO2. The Kier molecular flexibility index (Phi) is 4.26. The molecule has 2 nitrogen and oxygen atoms in total. The Balaban J connectivity index is 2.47. The maximum atomic E-state index is 5.67. The molecule has 2 atom stereocenters. The normalized spacial score (nSPS) is 35.8. The molecule has 1 rings (SSSR count). The minimum absolute atomic E-state index is 0.310. The third-order valence-corrected chi connectivity index (χ3v) is 3.64. The van der Waals surface area contributed by atoms with E-state index in [-0.39, 0.29) is 0 Å². The van der Waals surface area contributed by atoms with Gasteiger partial charge < -0.3 is 9.47 Å². The maximum Gasteiger partial charge on any atom is 0.0671 e. The monoisotopic (exact) mass is 284 g/mol. The summed E-state index contributed by atoms with van der Waals surface area (Å²) in [6, 6.07) is 0. The molecule has 72 valence electrons. The molecule has 0 bridgehead atoms. The van der Waals surface area contributed by atoms with Crippen molar-refractivity contribution >= 4 is 22.6 Å². The minimum Gasteiger partial charge on any atom is -0.384 e. The number of alkyl halides is 1. The molecular weight excluding hydrogens is 267 g/mol. The fourth-order valence-corrected chi connectivity index (χ4v) is 2.32. The minimum atomic E-state index is 0.310. The van der Waals surface area contributed by atoms with Gasteiger partial charge in [0.2, 0.25) is 0 Å². The van der Waals surface area contributed by atoms with Crippen LogP contribution in [0.4, 0.5) is 0 Å².